The smallest absolute Gasteiger partial charge is 0.338 e. The average molecular weight is 272 g/mol. The number of hydrogen-bond donors (Lipinski definition) is 0. The normalized spacial score (nSPS) is 10.6. The van der Waals surface area contributed by atoms with Crippen LogP contribution in [0.1, 0.15) is 45.3 Å². The van der Waals surface area contributed by atoms with Crippen LogP contribution in [0.25, 0.3) is 10.8 Å². The molecule has 104 valence electrons. The average Bonchev–Trinajstić information content (AvgIpc) is 2.44. The molecular weight excluding hydrogens is 256 g/mol. The number of aryl methyl sites for hydroxylation is 2. The van der Waals surface area contributed by atoms with E-state index in [9.17, 15) is 9.59 Å². The first-order chi connectivity index (χ1) is 9.60. The van der Waals surface area contributed by atoms with Crippen LogP contribution < -0.4 is 0 Å². The van der Waals surface area contributed by atoms with E-state index >= 15 is 0 Å². The summed E-state index contributed by atoms with van der Waals surface area (Å²) in [6.07, 6.45) is 3.01. The van der Waals surface area contributed by atoms with Crippen molar-refractivity contribution in [3.8, 4) is 0 Å². The minimum Gasteiger partial charge on any atom is -0.462 e. The predicted molar refractivity (Wildman–Crippen MR) is 75.0 cm³/mol. The summed E-state index contributed by atoms with van der Waals surface area (Å²) in [4.78, 5) is 23.1. The molecule has 2 rings (SSSR count). The molecule has 0 spiro atoms. The molecule has 0 amide bonds. The topological polar surface area (TPSA) is 69.2 Å². The van der Waals surface area contributed by atoms with Crippen molar-refractivity contribution in [3.63, 3.8) is 0 Å². The van der Waals surface area contributed by atoms with Crippen molar-refractivity contribution in [1.29, 1.82) is 0 Å². The molecule has 1 aromatic heterocycles. The van der Waals surface area contributed by atoms with Gasteiger partial charge >= 0.3 is 5.97 Å². The molecule has 0 aliphatic carbocycles. The van der Waals surface area contributed by atoms with Crippen LogP contribution in [0.15, 0.2) is 12.3 Å². The third-order valence-corrected chi connectivity index (χ3v) is 3.21. The quantitative estimate of drug-likeness (QED) is 0.632. The molecule has 0 aliphatic rings. The van der Waals surface area contributed by atoms with Crippen LogP contribution in [-0.4, -0.2) is 29.1 Å². The van der Waals surface area contributed by atoms with E-state index < -0.39 is 0 Å². The third-order valence-electron chi connectivity index (χ3n) is 3.21. The maximum absolute atomic E-state index is 12.1. The summed E-state index contributed by atoms with van der Waals surface area (Å²) in [7, 11) is 0. The molecule has 0 aliphatic heterocycles. The second kappa shape index (κ2) is 5.77. The maximum atomic E-state index is 12.1. The number of ether oxygens (including phenoxy) is 1. The Morgan fingerprint density at radius 2 is 2.10 bits per heavy atom. The molecule has 0 bridgehead atoms. The highest BCUT2D eigenvalue weighted by Crippen LogP contribution is 2.26. The molecule has 0 N–H and O–H groups in total. The van der Waals surface area contributed by atoms with E-state index in [1.165, 1.54) is 0 Å². The van der Waals surface area contributed by atoms with E-state index in [0.29, 0.717) is 23.8 Å². The van der Waals surface area contributed by atoms with Crippen molar-refractivity contribution >= 4 is 23.0 Å². The summed E-state index contributed by atoms with van der Waals surface area (Å²) >= 11 is 0. The van der Waals surface area contributed by atoms with Crippen LogP contribution in [0.3, 0.4) is 0 Å². The van der Waals surface area contributed by atoms with Gasteiger partial charge in [-0.2, -0.15) is 5.10 Å². The van der Waals surface area contributed by atoms with Crippen LogP contribution in [0.4, 0.5) is 0 Å². The van der Waals surface area contributed by atoms with Crippen molar-refractivity contribution in [1.82, 2.24) is 10.2 Å². The summed E-state index contributed by atoms with van der Waals surface area (Å²) in [5.41, 5.74) is 2.35. The van der Waals surface area contributed by atoms with Crippen LogP contribution in [-0.2, 0) is 4.74 Å². The molecule has 0 fully saturated rings. The number of esters is 1. The molecule has 2 aromatic rings. The standard InChI is InChI=1S/C15H16N2O3/c1-4-5-20-15(19)14-9(2)6-11-12(10(14)3)7-16-17-13(11)8-18/h6-8H,4-5H2,1-3H3. The Kier molecular flexibility index (Phi) is 4.08. The van der Waals surface area contributed by atoms with Crippen LogP contribution >= 0.6 is 0 Å². The van der Waals surface area contributed by atoms with Gasteiger partial charge in [0.25, 0.3) is 0 Å². The molecule has 0 unspecified atom stereocenters. The van der Waals surface area contributed by atoms with Gasteiger partial charge in [-0.15, -0.1) is 5.10 Å². The van der Waals surface area contributed by atoms with E-state index in [0.717, 1.165) is 22.9 Å². The lowest BCUT2D eigenvalue weighted by molar-refractivity contribution is 0.0503. The highest BCUT2D eigenvalue weighted by molar-refractivity contribution is 6.03. The molecule has 1 aromatic carbocycles. The highest BCUT2D eigenvalue weighted by Gasteiger charge is 2.18. The first kappa shape index (κ1) is 14.1. The molecule has 5 heteroatoms. The minimum atomic E-state index is -0.340. The van der Waals surface area contributed by atoms with E-state index in [1.807, 2.05) is 20.8 Å². The fourth-order valence-corrected chi connectivity index (χ4v) is 2.25. The molecule has 1 heterocycles. The number of nitrogens with zero attached hydrogens (tertiary/aromatic N) is 2. The van der Waals surface area contributed by atoms with Crippen LogP contribution in [0.5, 0.6) is 0 Å². The Balaban J connectivity index is 2.63. The first-order valence-corrected chi connectivity index (χ1v) is 6.48. The minimum absolute atomic E-state index is 0.280. The summed E-state index contributed by atoms with van der Waals surface area (Å²) in [6.45, 7) is 5.99. The molecule has 5 nitrogen and oxygen atoms in total. The second-order valence-electron chi connectivity index (χ2n) is 4.64. The predicted octanol–water partition coefficient (Wildman–Crippen LogP) is 2.63. The van der Waals surface area contributed by atoms with Crippen molar-refractivity contribution in [2.75, 3.05) is 6.61 Å². The number of hydrogen-bond acceptors (Lipinski definition) is 5. The summed E-state index contributed by atoms with van der Waals surface area (Å²) in [5, 5.41) is 9.05. The van der Waals surface area contributed by atoms with Gasteiger partial charge in [0.15, 0.2) is 6.29 Å². The third kappa shape index (κ3) is 2.39. The summed E-state index contributed by atoms with van der Waals surface area (Å²) in [6, 6.07) is 1.78. The number of aldehydes is 1. The van der Waals surface area contributed by atoms with Gasteiger partial charge in [-0.3, -0.25) is 4.79 Å². The lowest BCUT2D eigenvalue weighted by Crippen LogP contribution is -2.11. The maximum Gasteiger partial charge on any atom is 0.338 e. The second-order valence-corrected chi connectivity index (χ2v) is 4.64. The lowest BCUT2D eigenvalue weighted by Gasteiger charge is -2.12. The number of rotatable bonds is 4. The Labute approximate surface area is 117 Å². The number of fused-ring (bicyclic) bond motifs is 1. The number of benzene rings is 1. The van der Waals surface area contributed by atoms with Crippen molar-refractivity contribution in [3.05, 3.63) is 34.6 Å². The molecule has 0 radical (unpaired) electrons. The van der Waals surface area contributed by atoms with Gasteiger partial charge in [0.1, 0.15) is 5.69 Å². The van der Waals surface area contributed by atoms with E-state index in [4.69, 9.17) is 4.74 Å². The molecule has 0 saturated carbocycles. The van der Waals surface area contributed by atoms with Gasteiger partial charge in [-0.25, -0.2) is 4.79 Å². The Hall–Kier alpha value is -2.30. The van der Waals surface area contributed by atoms with Gasteiger partial charge in [0, 0.05) is 10.8 Å². The molecule has 20 heavy (non-hydrogen) atoms. The van der Waals surface area contributed by atoms with Crippen molar-refractivity contribution < 1.29 is 14.3 Å². The Bertz CT molecular complexity index is 680. The van der Waals surface area contributed by atoms with E-state index in [-0.39, 0.29) is 11.7 Å². The number of carbonyl (C=O) groups excluding carboxylic acids is 2. The van der Waals surface area contributed by atoms with Gasteiger partial charge in [-0.05, 0) is 37.5 Å². The molecular formula is C15H16N2O3. The largest absolute Gasteiger partial charge is 0.462 e. The SMILES string of the molecule is CCCOC(=O)c1c(C)cc2c(C=O)nncc2c1C. The fourth-order valence-electron chi connectivity index (χ4n) is 2.25. The summed E-state index contributed by atoms with van der Waals surface area (Å²) < 4.78 is 5.20. The molecule has 0 atom stereocenters. The van der Waals surface area contributed by atoms with E-state index in [1.54, 1.807) is 12.3 Å². The monoisotopic (exact) mass is 272 g/mol. The van der Waals surface area contributed by atoms with Gasteiger partial charge < -0.3 is 4.74 Å². The van der Waals surface area contributed by atoms with Crippen molar-refractivity contribution in [2.24, 2.45) is 0 Å². The summed E-state index contributed by atoms with van der Waals surface area (Å²) in [5.74, 6) is -0.340. The van der Waals surface area contributed by atoms with Crippen LogP contribution in [0, 0.1) is 13.8 Å². The zero-order valence-electron chi connectivity index (χ0n) is 11.8. The molecule has 0 saturated heterocycles. The van der Waals surface area contributed by atoms with E-state index in [2.05, 4.69) is 10.2 Å². The highest BCUT2D eigenvalue weighted by atomic mass is 16.5. The number of carbonyl (C=O) groups is 2. The fraction of sp³-hybridized carbons (Fsp3) is 0.333. The lowest BCUT2D eigenvalue weighted by atomic mass is 9.96. The first-order valence-electron chi connectivity index (χ1n) is 6.48. The van der Waals surface area contributed by atoms with Gasteiger partial charge in [0.2, 0.25) is 0 Å². The Morgan fingerprint density at radius 3 is 2.75 bits per heavy atom. The Morgan fingerprint density at radius 1 is 1.35 bits per heavy atom. The van der Waals surface area contributed by atoms with Crippen molar-refractivity contribution in [2.45, 2.75) is 27.2 Å². The number of aromatic nitrogens is 2. The van der Waals surface area contributed by atoms with Gasteiger partial charge in [-0.1, -0.05) is 6.92 Å². The zero-order chi connectivity index (χ0) is 14.7. The van der Waals surface area contributed by atoms with Gasteiger partial charge in [0.05, 0.1) is 18.4 Å². The zero-order valence-corrected chi connectivity index (χ0v) is 11.8. The van der Waals surface area contributed by atoms with Crippen LogP contribution in [0.2, 0.25) is 0 Å².